The highest BCUT2D eigenvalue weighted by Gasteiger charge is 2.11. The van der Waals surface area contributed by atoms with Gasteiger partial charge >= 0.3 is 12.1 Å². The van der Waals surface area contributed by atoms with Crippen molar-refractivity contribution >= 4 is 23.7 Å². The fraction of sp³-hybridized carbons (Fsp3) is 0.0667. The molecule has 8 heteroatoms. The molecule has 0 aliphatic rings. The van der Waals surface area contributed by atoms with Crippen LogP contribution < -0.4 is 5.32 Å². The number of aromatic carboxylic acids is 1. The van der Waals surface area contributed by atoms with E-state index in [4.69, 9.17) is 9.84 Å². The van der Waals surface area contributed by atoms with Crippen LogP contribution in [0.3, 0.4) is 0 Å². The van der Waals surface area contributed by atoms with Gasteiger partial charge in [-0.05, 0) is 17.7 Å². The number of fused-ring (bicyclic) bond motifs is 1. The summed E-state index contributed by atoms with van der Waals surface area (Å²) in [5, 5.41) is 15.3. The molecular weight excluding hydrogens is 300 g/mol. The van der Waals surface area contributed by atoms with Crippen molar-refractivity contribution in [2.45, 2.75) is 6.61 Å². The van der Waals surface area contributed by atoms with Gasteiger partial charge in [0.15, 0.2) is 5.65 Å². The molecule has 0 atom stereocenters. The second-order valence-electron chi connectivity index (χ2n) is 4.65. The van der Waals surface area contributed by atoms with Gasteiger partial charge in [-0.2, -0.15) is 4.98 Å². The van der Waals surface area contributed by atoms with Crippen LogP contribution >= 0.6 is 0 Å². The van der Waals surface area contributed by atoms with Gasteiger partial charge in [-0.1, -0.05) is 30.3 Å². The lowest BCUT2D eigenvalue weighted by atomic mass is 10.2. The zero-order chi connectivity index (χ0) is 16.2. The van der Waals surface area contributed by atoms with Crippen molar-refractivity contribution in [2.75, 3.05) is 5.32 Å². The number of hydrogen-bond acceptors (Lipinski definition) is 5. The minimum atomic E-state index is -1.07. The molecule has 2 heterocycles. The van der Waals surface area contributed by atoms with E-state index in [2.05, 4.69) is 15.4 Å². The highest BCUT2D eigenvalue weighted by atomic mass is 16.5. The summed E-state index contributed by atoms with van der Waals surface area (Å²) >= 11 is 0. The number of aromatic nitrogens is 3. The van der Waals surface area contributed by atoms with Gasteiger partial charge in [-0.3, -0.25) is 5.32 Å². The fourth-order valence-corrected chi connectivity index (χ4v) is 1.91. The molecule has 0 aliphatic heterocycles. The van der Waals surface area contributed by atoms with Gasteiger partial charge in [0.25, 0.3) is 5.95 Å². The number of rotatable bonds is 4. The number of carboxylic acid groups (broad SMARTS) is 1. The van der Waals surface area contributed by atoms with Gasteiger partial charge in [-0.15, -0.1) is 5.10 Å². The van der Waals surface area contributed by atoms with Gasteiger partial charge in [0.1, 0.15) is 6.61 Å². The second-order valence-corrected chi connectivity index (χ2v) is 4.65. The standard InChI is InChI=1S/C15H12N4O4/c20-13(21)11-6-7-12-16-14(18-19(12)8-11)17-15(22)23-9-10-4-2-1-3-5-10/h1-8H,9H2,(H,20,21)(H,17,18,22). The first-order valence-corrected chi connectivity index (χ1v) is 6.69. The first-order chi connectivity index (χ1) is 11.1. The molecule has 3 rings (SSSR count). The van der Waals surface area contributed by atoms with Gasteiger partial charge in [0.05, 0.1) is 5.56 Å². The van der Waals surface area contributed by atoms with Crippen molar-refractivity contribution in [1.82, 2.24) is 14.6 Å². The summed E-state index contributed by atoms with van der Waals surface area (Å²) in [5.41, 5.74) is 1.34. The number of amides is 1. The average molecular weight is 312 g/mol. The van der Waals surface area contributed by atoms with Crippen molar-refractivity contribution in [3.63, 3.8) is 0 Å². The number of carbonyl (C=O) groups excluding carboxylic acids is 1. The largest absolute Gasteiger partial charge is 0.478 e. The Bertz CT molecular complexity index is 860. The molecule has 0 spiro atoms. The summed E-state index contributed by atoms with van der Waals surface area (Å²) in [4.78, 5) is 26.7. The maximum Gasteiger partial charge on any atom is 0.414 e. The molecule has 2 aromatic heterocycles. The van der Waals surface area contributed by atoms with E-state index in [1.54, 1.807) is 0 Å². The number of nitrogens with one attached hydrogen (secondary N) is 1. The van der Waals surface area contributed by atoms with Crippen LogP contribution in [0.1, 0.15) is 15.9 Å². The maximum absolute atomic E-state index is 11.7. The highest BCUT2D eigenvalue weighted by molar-refractivity contribution is 5.87. The van der Waals surface area contributed by atoms with Crippen LogP contribution in [0.4, 0.5) is 10.7 Å². The third kappa shape index (κ3) is 3.43. The molecule has 116 valence electrons. The van der Waals surface area contributed by atoms with Crippen molar-refractivity contribution in [3.8, 4) is 0 Å². The number of pyridine rings is 1. The molecule has 0 unspecified atom stereocenters. The topological polar surface area (TPSA) is 106 Å². The van der Waals surface area contributed by atoms with Crippen LogP contribution in [0.2, 0.25) is 0 Å². The summed E-state index contributed by atoms with van der Waals surface area (Å²) in [6, 6.07) is 12.1. The van der Waals surface area contributed by atoms with E-state index in [0.29, 0.717) is 5.65 Å². The van der Waals surface area contributed by atoms with E-state index in [1.165, 1.54) is 22.8 Å². The van der Waals surface area contributed by atoms with Gasteiger partial charge in [0, 0.05) is 6.20 Å². The van der Waals surface area contributed by atoms with E-state index < -0.39 is 12.1 Å². The SMILES string of the molecule is O=C(Nc1nc2ccc(C(=O)O)cn2n1)OCc1ccccc1. The Hall–Kier alpha value is -3.42. The molecule has 0 saturated carbocycles. The normalized spacial score (nSPS) is 10.4. The van der Waals surface area contributed by atoms with Gasteiger partial charge < -0.3 is 9.84 Å². The Morgan fingerprint density at radius 1 is 1.17 bits per heavy atom. The monoisotopic (exact) mass is 312 g/mol. The van der Waals surface area contributed by atoms with Crippen molar-refractivity contribution in [3.05, 3.63) is 59.8 Å². The zero-order valence-electron chi connectivity index (χ0n) is 11.8. The number of anilines is 1. The van der Waals surface area contributed by atoms with E-state index in [9.17, 15) is 9.59 Å². The lowest BCUT2D eigenvalue weighted by Gasteiger charge is -2.03. The summed E-state index contributed by atoms with van der Waals surface area (Å²) in [6.07, 6.45) is 0.619. The van der Waals surface area contributed by atoms with Crippen LogP contribution in [0.25, 0.3) is 5.65 Å². The van der Waals surface area contributed by atoms with Gasteiger partial charge in [-0.25, -0.2) is 14.1 Å². The van der Waals surface area contributed by atoms with E-state index in [1.807, 2.05) is 30.3 Å². The maximum atomic E-state index is 11.7. The average Bonchev–Trinajstić information content (AvgIpc) is 2.95. The molecular formula is C15H12N4O4. The molecule has 0 radical (unpaired) electrons. The first kappa shape index (κ1) is 14.5. The summed E-state index contributed by atoms with van der Waals surface area (Å²) in [5.74, 6) is -1.04. The Balaban J connectivity index is 1.66. The number of carboxylic acids is 1. The van der Waals surface area contributed by atoms with E-state index in [-0.39, 0.29) is 18.1 Å². The molecule has 0 bridgehead atoms. The Morgan fingerprint density at radius 3 is 2.70 bits per heavy atom. The number of carbonyl (C=O) groups is 2. The molecule has 1 amide bonds. The van der Waals surface area contributed by atoms with Gasteiger partial charge in [0.2, 0.25) is 0 Å². The lowest BCUT2D eigenvalue weighted by Crippen LogP contribution is -2.14. The van der Waals surface area contributed by atoms with Crippen molar-refractivity contribution < 1.29 is 19.4 Å². The predicted octanol–water partition coefficient (Wildman–Crippen LogP) is 2.18. The number of benzene rings is 1. The molecule has 1 aromatic carbocycles. The first-order valence-electron chi connectivity index (χ1n) is 6.69. The minimum absolute atomic E-state index is 0.0330. The molecule has 0 aliphatic carbocycles. The van der Waals surface area contributed by atoms with Crippen molar-refractivity contribution in [2.24, 2.45) is 0 Å². The molecule has 0 saturated heterocycles. The molecule has 0 fully saturated rings. The van der Waals surface area contributed by atoms with Crippen LogP contribution in [0.5, 0.6) is 0 Å². The van der Waals surface area contributed by atoms with Crippen LogP contribution in [-0.2, 0) is 11.3 Å². The summed E-state index contributed by atoms with van der Waals surface area (Å²) in [6.45, 7) is 0.128. The Labute approximate surface area is 130 Å². The molecule has 8 nitrogen and oxygen atoms in total. The third-order valence-corrected chi connectivity index (χ3v) is 3.00. The predicted molar refractivity (Wildman–Crippen MR) is 80.2 cm³/mol. The third-order valence-electron chi connectivity index (χ3n) is 3.00. The molecule has 23 heavy (non-hydrogen) atoms. The number of ether oxygens (including phenoxy) is 1. The smallest absolute Gasteiger partial charge is 0.414 e. The zero-order valence-corrected chi connectivity index (χ0v) is 11.8. The van der Waals surface area contributed by atoms with Crippen LogP contribution in [0.15, 0.2) is 48.7 Å². The van der Waals surface area contributed by atoms with Crippen molar-refractivity contribution in [1.29, 1.82) is 0 Å². The quantitative estimate of drug-likeness (QED) is 0.765. The molecule has 3 aromatic rings. The van der Waals surface area contributed by atoms with Crippen LogP contribution in [0, 0.1) is 0 Å². The second kappa shape index (κ2) is 6.14. The Morgan fingerprint density at radius 2 is 1.96 bits per heavy atom. The van der Waals surface area contributed by atoms with E-state index in [0.717, 1.165) is 5.56 Å². The number of hydrogen-bond donors (Lipinski definition) is 2. The fourth-order valence-electron chi connectivity index (χ4n) is 1.91. The summed E-state index contributed by atoms with van der Waals surface area (Å²) < 4.78 is 6.33. The lowest BCUT2D eigenvalue weighted by molar-refractivity contribution is 0.0696. The highest BCUT2D eigenvalue weighted by Crippen LogP contribution is 2.09. The number of nitrogens with zero attached hydrogens (tertiary/aromatic N) is 3. The minimum Gasteiger partial charge on any atom is -0.478 e. The summed E-state index contributed by atoms with van der Waals surface area (Å²) in [7, 11) is 0. The van der Waals surface area contributed by atoms with Crippen LogP contribution in [-0.4, -0.2) is 31.8 Å². The Kier molecular flexibility index (Phi) is 3.88. The van der Waals surface area contributed by atoms with E-state index >= 15 is 0 Å². The molecule has 2 N–H and O–H groups in total.